The highest BCUT2D eigenvalue weighted by atomic mass is 19.3. The van der Waals surface area contributed by atoms with Crippen LogP contribution in [0.4, 0.5) is 13.6 Å². The number of nitrogens with one attached hydrogen (secondary N) is 3. The van der Waals surface area contributed by atoms with Gasteiger partial charge in [0.1, 0.15) is 12.6 Å². The predicted octanol–water partition coefficient (Wildman–Crippen LogP) is 4.58. The van der Waals surface area contributed by atoms with Crippen molar-refractivity contribution in [3.8, 4) is 0 Å². The zero-order chi connectivity index (χ0) is 30.5. The number of ether oxygens (including phenoxy) is 1. The highest BCUT2D eigenvalue weighted by Crippen LogP contribution is 2.20. The van der Waals surface area contributed by atoms with Crippen LogP contribution in [0.5, 0.6) is 0 Å². The van der Waals surface area contributed by atoms with Gasteiger partial charge in [0.2, 0.25) is 11.7 Å². The molecule has 8 nitrogen and oxygen atoms in total. The molecule has 0 fully saturated rings. The number of ketones is 1. The number of rotatable bonds is 14. The van der Waals surface area contributed by atoms with Gasteiger partial charge < -0.3 is 20.7 Å². The molecule has 10 heteroatoms. The normalized spacial score (nSPS) is 12.6. The van der Waals surface area contributed by atoms with Gasteiger partial charge in [-0.05, 0) is 29.0 Å². The molecule has 3 amide bonds. The summed E-state index contributed by atoms with van der Waals surface area (Å²) < 4.78 is 35.6. The lowest BCUT2D eigenvalue weighted by Gasteiger charge is -2.26. The number of amides is 3. The van der Waals surface area contributed by atoms with E-state index in [2.05, 4.69) is 16.0 Å². The summed E-state index contributed by atoms with van der Waals surface area (Å²) in [5, 5.41) is 6.94. The van der Waals surface area contributed by atoms with Crippen molar-refractivity contribution in [2.24, 2.45) is 5.92 Å². The topological polar surface area (TPSA) is 114 Å². The highest BCUT2D eigenvalue weighted by Gasteiger charge is 2.50. The number of alkyl halides is 2. The first-order valence-electron chi connectivity index (χ1n) is 13.6. The monoisotopic (exact) mass is 579 g/mol. The molecule has 0 aliphatic carbocycles. The number of Topliss-reactive ketones (excluding diaryl/α,β-unsaturated/α-hetero) is 1. The third-order valence-electron chi connectivity index (χ3n) is 6.33. The van der Waals surface area contributed by atoms with E-state index in [1.165, 1.54) is 0 Å². The summed E-state index contributed by atoms with van der Waals surface area (Å²) in [5.74, 6) is -8.90. The molecule has 0 heterocycles. The van der Waals surface area contributed by atoms with Gasteiger partial charge in [0, 0.05) is 13.0 Å². The van der Waals surface area contributed by atoms with Gasteiger partial charge in [0.25, 0.3) is 5.91 Å². The van der Waals surface area contributed by atoms with E-state index >= 15 is 8.78 Å². The first-order chi connectivity index (χ1) is 20.1. The number of halogens is 2. The lowest BCUT2D eigenvalue weighted by Crippen LogP contribution is -2.58. The van der Waals surface area contributed by atoms with Crippen molar-refractivity contribution in [1.82, 2.24) is 16.0 Å². The van der Waals surface area contributed by atoms with Gasteiger partial charge >= 0.3 is 12.0 Å². The molecule has 0 aliphatic heterocycles. The number of alkyl carbamates (subject to hydrolysis) is 1. The smallest absolute Gasteiger partial charge is 0.408 e. The lowest BCUT2D eigenvalue weighted by molar-refractivity contribution is -0.160. The molecule has 3 N–H and O–H groups in total. The number of hydrogen-bond donors (Lipinski definition) is 3. The minimum absolute atomic E-state index is 0.0396. The largest absolute Gasteiger partial charge is 0.445 e. The van der Waals surface area contributed by atoms with E-state index < -0.39 is 41.7 Å². The molecule has 0 bridgehead atoms. The van der Waals surface area contributed by atoms with E-state index in [9.17, 15) is 19.2 Å². The molecule has 0 radical (unpaired) electrons. The summed E-state index contributed by atoms with van der Waals surface area (Å²) in [6.45, 7) is 3.38. The van der Waals surface area contributed by atoms with Crippen LogP contribution < -0.4 is 16.0 Å². The Labute approximate surface area is 243 Å². The summed E-state index contributed by atoms with van der Waals surface area (Å²) in [6.07, 6.45) is -1.03. The zero-order valence-electron chi connectivity index (χ0n) is 23.5. The van der Waals surface area contributed by atoms with Crippen molar-refractivity contribution < 1.29 is 32.7 Å². The fourth-order valence-corrected chi connectivity index (χ4v) is 4.16. The zero-order valence-corrected chi connectivity index (χ0v) is 23.5. The maximum absolute atomic E-state index is 15.2. The van der Waals surface area contributed by atoms with E-state index in [1.807, 2.05) is 19.9 Å². The van der Waals surface area contributed by atoms with Crippen LogP contribution in [0.1, 0.15) is 37.0 Å². The molecule has 0 unspecified atom stereocenters. The van der Waals surface area contributed by atoms with Crippen LogP contribution in [0, 0.1) is 5.92 Å². The molecule has 0 aliphatic rings. The molecule has 3 aromatic carbocycles. The van der Waals surface area contributed by atoms with Gasteiger partial charge in [-0.15, -0.1) is 0 Å². The number of carbonyl (C=O) groups excluding carboxylic acids is 4. The minimum atomic E-state index is -4.43. The SMILES string of the molecule is CC(C)C[C@H](NC(=O)OCc1ccccc1)C(=O)N[C@@H](Cc1ccccc1)C(=O)C(F)(F)C(=O)NCc1ccccc1. The van der Waals surface area contributed by atoms with Crippen molar-refractivity contribution in [2.75, 3.05) is 0 Å². The molecule has 0 saturated heterocycles. The van der Waals surface area contributed by atoms with Crippen LogP contribution in [-0.4, -0.2) is 41.7 Å². The summed E-state index contributed by atoms with van der Waals surface area (Å²) in [5.41, 5.74) is 1.80. The molecule has 3 rings (SSSR count). The van der Waals surface area contributed by atoms with Crippen molar-refractivity contribution >= 4 is 23.7 Å². The van der Waals surface area contributed by atoms with E-state index in [4.69, 9.17) is 4.74 Å². The minimum Gasteiger partial charge on any atom is -0.445 e. The Morgan fingerprint density at radius 2 is 1.26 bits per heavy atom. The summed E-state index contributed by atoms with van der Waals surface area (Å²) in [6, 6.07) is 22.7. The van der Waals surface area contributed by atoms with Crippen LogP contribution in [-0.2, 0) is 38.7 Å². The van der Waals surface area contributed by atoms with E-state index in [0.29, 0.717) is 11.1 Å². The Kier molecular flexibility index (Phi) is 11.7. The molecule has 0 saturated carbocycles. The fraction of sp³-hybridized carbons (Fsp3) is 0.312. The van der Waals surface area contributed by atoms with Gasteiger partial charge in [0.05, 0.1) is 6.04 Å². The van der Waals surface area contributed by atoms with E-state index in [1.54, 1.807) is 84.9 Å². The van der Waals surface area contributed by atoms with Crippen LogP contribution in [0.3, 0.4) is 0 Å². The maximum atomic E-state index is 15.2. The second kappa shape index (κ2) is 15.4. The van der Waals surface area contributed by atoms with Crippen molar-refractivity contribution in [1.29, 1.82) is 0 Å². The van der Waals surface area contributed by atoms with Gasteiger partial charge in [0.15, 0.2) is 0 Å². The second-order valence-corrected chi connectivity index (χ2v) is 10.2. The first-order valence-corrected chi connectivity index (χ1v) is 13.6. The molecule has 3 aromatic rings. The number of hydrogen-bond acceptors (Lipinski definition) is 5. The third kappa shape index (κ3) is 9.79. The molecule has 222 valence electrons. The Morgan fingerprint density at radius 1 is 0.738 bits per heavy atom. The Hall–Kier alpha value is -4.60. The Balaban J connectivity index is 1.74. The van der Waals surface area contributed by atoms with Crippen molar-refractivity contribution in [3.63, 3.8) is 0 Å². The van der Waals surface area contributed by atoms with Gasteiger partial charge in [-0.1, -0.05) is 105 Å². The van der Waals surface area contributed by atoms with Crippen LogP contribution >= 0.6 is 0 Å². The fourth-order valence-electron chi connectivity index (χ4n) is 4.16. The molecular formula is C32H35F2N3O5. The molecule has 0 spiro atoms. The van der Waals surface area contributed by atoms with Crippen molar-refractivity contribution in [3.05, 3.63) is 108 Å². The van der Waals surface area contributed by atoms with Gasteiger partial charge in [-0.25, -0.2) is 4.79 Å². The average molecular weight is 580 g/mol. The number of benzene rings is 3. The van der Waals surface area contributed by atoms with Crippen LogP contribution in [0.25, 0.3) is 0 Å². The lowest BCUT2D eigenvalue weighted by atomic mass is 9.96. The second-order valence-electron chi connectivity index (χ2n) is 10.2. The van der Waals surface area contributed by atoms with E-state index in [0.717, 1.165) is 5.56 Å². The van der Waals surface area contributed by atoms with Gasteiger partial charge in [-0.3, -0.25) is 14.4 Å². The molecular weight excluding hydrogens is 544 g/mol. The Bertz CT molecular complexity index is 1320. The summed E-state index contributed by atoms with van der Waals surface area (Å²) >= 11 is 0. The summed E-state index contributed by atoms with van der Waals surface area (Å²) in [7, 11) is 0. The molecule has 2 atom stereocenters. The third-order valence-corrected chi connectivity index (χ3v) is 6.33. The quantitative estimate of drug-likeness (QED) is 0.242. The van der Waals surface area contributed by atoms with Crippen LogP contribution in [0.15, 0.2) is 91.0 Å². The van der Waals surface area contributed by atoms with E-state index in [-0.39, 0.29) is 31.9 Å². The van der Waals surface area contributed by atoms with Crippen molar-refractivity contribution in [2.45, 2.75) is 57.8 Å². The standard InChI is InChI=1S/C32H35F2N3O5/c1-22(2)18-27(37-31(41)42-21-25-16-10-5-11-17-25)29(39)36-26(19-23-12-6-3-7-13-23)28(38)32(33,34)30(40)35-20-24-14-8-4-9-15-24/h3-17,22,26-27H,18-21H2,1-2H3,(H,35,40)(H,36,39)(H,37,41)/t26-,27-/m0/s1. The predicted molar refractivity (Wildman–Crippen MR) is 153 cm³/mol. The van der Waals surface area contributed by atoms with Crippen LogP contribution in [0.2, 0.25) is 0 Å². The maximum Gasteiger partial charge on any atom is 0.408 e. The highest BCUT2D eigenvalue weighted by molar-refractivity contribution is 6.10. The summed E-state index contributed by atoms with van der Waals surface area (Å²) in [4.78, 5) is 51.4. The Morgan fingerprint density at radius 3 is 1.81 bits per heavy atom. The average Bonchev–Trinajstić information content (AvgIpc) is 2.99. The first kappa shape index (κ1) is 31.9. The van der Waals surface area contributed by atoms with Gasteiger partial charge in [-0.2, -0.15) is 8.78 Å². The molecule has 42 heavy (non-hydrogen) atoms. The molecule has 0 aromatic heterocycles. The number of carbonyl (C=O) groups is 4.